The van der Waals surface area contributed by atoms with E-state index < -0.39 is 0 Å². The number of guanidine groups is 1. The second kappa shape index (κ2) is 11.3. The van der Waals surface area contributed by atoms with Crippen molar-refractivity contribution in [3.05, 3.63) is 11.6 Å². The van der Waals surface area contributed by atoms with E-state index >= 15 is 0 Å². The van der Waals surface area contributed by atoms with Crippen molar-refractivity contribution < 1.29 is 0 Å². The zero-order valence-electron chi connectivity index (χ0n) is 16.0. The van der Waals surface area contributed by atoms with Gasteiger partial charge in [-0.1, -0.05) is 6.42 Å². The van der Waals surface area contributed by atoms with Crippen LogP contribution in [0, 0.1) is 0 Å². The number of nitrogens with zero attached hydrogens (tertiary/aromatic N) is 4. The van der Waals surface area contributed by atoms with Crippen LogP contribution in [0.25, 0.3) is 0 Å². The Labute approximate surface area is 173 Å². The van der Waals surface area contributed by atoms with Gasteiger partial charge in [-0.25, -0.2) is 0 Å². The summed E-state index contributed by atoms with van der Waals surface area (Å²) in [6.07, 6.45) is 7.84. The monoisotopic (exact) mass is 480 g/mol. The van der Waals surface area contributed by atoms with Crippen molar-refractivity contribution in [3.8, 4) is 0 Å². The Kier molecular flexibility index (Phi) is 10.1. The number of aliphatic imine (C=N–C) groups is 1. The average Bonchev–Trinajstić information content (AvgIpc) is 2.80. The van der Waals surface area contributed by atoms with Gasteiger partial charge in [0.15, 0.2) is 5.96 Å². The van der Waals surface area contributed by atoms with Crippen molar-refractivity contribution in [3.63, 3.8) is 0 Å². The molecule has 2 rings (SSSR count). The first-order chi connectivity index (χ1) is 11.6. The van der Waals surface area contributed by atoms with Crippen molar-refractivity contribution in [1.29, 1.82) is 0 Å². The van der Waals surface area contributed by atoms with Crippen LogP contribution in [0.5, 0.6) is 0 Å². The molecule has 0 fully saturated rings. The number of nitrogens with one attached hydrogen (secondary N) is 2. The Hall–Kier alpha value is -0.510. The topological polar surface area (TPSA) is 67.1 Å². The molecule has 0 spiro atoms. The first kappa shape index (κ1) is 22.5. The lowest BCUT2D eigenvalue weighted by molar-refractivity contribution is 0.600. The van der Waals surface area contributed by atoms with Crippen LogP contribution in [0.4, 0.5) is 0 Å². The molecule has 6 nitrogen and oxygen atoms in total. The lowest BCUT2D eigenvalue weighted by Crippen LogP contribution is -2.39. The lowest BCUT2D eigenvalue weighted by Gasteiger charge is -2.20. The second-order valence-corrected chi connectivity index (χ2v) is 8.34. The fraction of sp³-hybridized carbons (Fsp3) is 0.824. The van der Waals surface area contributed by atoms with Gasteiger partial charge >= 0.3 is 0 Å². The molecule has 25 heavy (non-hydrogen) atoms. The number of rotatable bonds is 7. The Bertz CT molecular complexity index is 543. The van der Waals surface area contributed by atoms with Crippen LogP contribution in [0.15, 0.2) is 4.99 Å². The molecular formula is C17H33IN6S. The molecule has 144 valence electrons. The maximum atomic E-state index is 4.71. The van der Waals surface area contributed by atoms with E-state index in [1.807, 2.05) is 11.8 Å². The summed E-state index contributed by atoms with van der Waals surface area (Å²) in [5, 5.41) is 15.5. The Morgan fingerprint density at radius 1 is 1.24 bits per heavy atom. The molecule has 1 aromatic heterocycles. The highest BCUT2D eigenvalue weighted by molar-refractivity contribution is 14.0. The third-order valence-electron chi connectivity index (χ3n) is 4.34. The molecule has 0 atom stereocenters. The molecule has 0 radical (unpaired) electrons. The highest BCUT2D eigenvalue weighted by Crippen LogP contribution is 2.21. The van der Waals surface area contributed by atoms with Crippen LogP contribution in [0.3, 0.4) is 0 Å². The Morgan fingerprint density at radius 3 is 2.76 bits per heavy atom. The third kappa shape index (κ3) is 7.32. The van der Waals surface area contributed by atoms with Crippen LogP contribution in [-0.4, -0.2) is 51.4 Å². The fourth-order valence-corrected chi connectivity index (χ4v) is 2.89. The van der Waals surface area contributed by atoms with Crippen LogP contribution in [0.2, 0.25) is 0 Å². The summed E-state index contributed by atoms with van der Waals surface area (Å²) < 4.78 is 2.47. The molecule has 0 aromatic carbocycles. The first-order valence-corrected chi connectivity index (χ1v) is 10.3. The second-order valence-electron chi connectivity index (χ2n) is 6.83. The summed E-state index contributed by atoms with van der Waals surface area (Å²) in [4.78, 5) is 4.71. The van der Waals surface area contributed by atoms with Gasteiger partial charge in [0, 0.05) is 37.2 Å². The molecule has 8 heteroatoms. The predicted molar refractivity (Wildman–Crippen MR) is 118 cm³/mol. The number of hydrogen-bond donors (Lipinski definition) is 2. The Morgan fingerprint density at radius 2 is 2.04 bits per heavy atom. The summed E-state index contributed by atoms with van der Waals surface area (Å²) in [7, 11) is 0. The average molecular weight is 480 g/mol. The fourth-order valence-electron chi connectivity index (χ4n) is 2.70. The number of halogens is 1. The van der Waals surface area contributed by atoms with Gasteiger partial charge in [-0.2, -0.15) is 11.8 Å². The first-order valence-electron chi connectivity index (χ1n) is 9.04. The minimum Gasteiger partial charge on any atom is -0.357 e. The smallest absolute Gasteiger partial charge is 0.191 e. The van der Waals surface area contributed by atoms with E-state index in [9.17, 15) is 0 Å². The van der Waals surface area contributed by atoms with Gasteiger partial charge in [-0.15, -0.1) is 34.2 Å². The lowest BCUT2D eigenvalue weighted by atomic mass is 10.2. The van der Waals surface area contributed by atoms with Gasteiger partial charge in [0.1, 0.15) is 11.6 Å². The van der Waals surface area contributed by atoms with E-state index in [1.54, 1.807) is 0 Å². The maximum absolute atomic E-state index is 4.71. The maximum Gasteiger partial charge on any atom is 0.191 e. The highest BCUT2D eigenvalue weighted by atomic mass is 127. The number of aryl methyl sites for hydroxylation is 1. The van der Waals surface area contributed by atoms with Crippen LogP contribution >= 0.6 is 35.7 Å². The van der Waals surface area contributed by atoms with E-state index in [4.69, 9.17) is 4.99 Å². The third-order valence-corrected chi connectivity index (χ3v) is 5.58. The zero-order valence-corrected chi connectivity index (χ0v) is 19.1. The van der Waals surface area contributed by atoms with Crippen LogP contribution < -0.4 is 10.6 Å². The quantitative estimate of drug-likeness (QED) is 0.357. The van der Waals surface area contributed by atoms with E-state index in [0.29, 0.717) is 0 Å². The van der Waals surface area contributed by atoms with Gasteiger partial charge in [0.2, 0.25) is 0 Å². The van der Waals surface area contributed by atoms with Crippen molar-refractivity contribution in [2.24, 2.45) is 4.99 Å². The van der Waals surface area contributed by atoms with Crippen molar-refractivity contribution >= 4 is 41.7 Å². The van der Waals surface area contributed by atoms with Gasteiger partial charge < -0.3 is 15.2 Å². The summed E-state index contributed by atoms with van der Waals surface area (Å²) >= 11 is 1.84. The molecular weight excluding hydrogens is 447 g/mol. The van der Waals surface area contributed by atoms with Gasteiger partial charge in [-0.05, 0) is 39.9 Å². The standard InChI is InChI=1S/C17H32N6S.HI/c1-5-18-16(20-13-17(2,3)24-4)19-11-10-15-22-21-14-9-7-6-8-12-23(14)15;/h5-13H2,1-4H3,(H2,18,19,20);1H. The SMILES string of the molecule is CCNC(=NCC(C)(C)SC)NCCc1nnc2n1CCCCC2.I. The van der Waals surface area contributed by atoms with E-state index in [1.165, 1.54) is 19.3 Å². The molecule has 1 aromatic rings. The number of thioether (sulfide) groups is 1. The van der Waals surface area contributed by atoms with Crippen LogP contribution in [0.1, 0.15) is 51.7 Å². The van der Waals surface area contributed by atoms with Crippen LogP contribution in [-0.2, 0) is 19.4 Å². The van der Waals surface area contributed by atoms with E-state index in [2.05, 4.69) is 52.4 Å². The van der Waals surface area contributed by atoms with Gasteiger partial charge in [0.05, 0.1) is 6.54 Å². The van der Waals surface area contributed by atoms with Crippen molar-refractivity contribution in [2.75, 3.05) is 25.9 Å². The molecule has 1 aliphatic heterocycles. The van der Waals surface area contributed by atoms with Gasteiger partial charge in [-0.3, -0.25) is 4.99 Å². The number of hydrogen-bond acceptors (Lipinski definition) is 4. The molecule has 0 saturated carbocycles. The van der Waals surface area contributed by atoms with Crippen molar-refractivity contribution in [1.82, 2.24) is 25.4 Å². The summed E-state index contributed by atoms with van der Waals surface area (Å²) in [5.74, 6) is 3.14. The minimum absolute atomic E-state index is 0. The predicted octanol–water partition coefficient (Wildman–Crippen LogP) is 2.86. The normalized spacial score (nSPS) is 15.1. The molecule has 0 amide bonds. The molecule has 0 bridgehead atoms. The minimum atomic E-state index is 0. The number of fused-ring (bicyclic) bond motifs is 1. The molecule has 1 aliphatic rings. The summed E-state index contributed by atoms with van der Waals surface area (Å²) in [6.45, 7) is 10.1. The van der Waals surface area contributed by atoms with E-state index in [-0.39, 0.29) is 28.7 Å². The Balaban J connectivity index is 0.00000312. The highest BCUT2D eigenvalue weighted by Gasteiger charge is 2.16. The zero-order chi connectivity index (χ0) is 17.4. The van der Waals surface area contributed by atoms with Gasteiger partial charge in [0.25, 0.3) is 0 Å². The largest absolute Gasteiger partial charge is 0.357 e. The van der Waals surface area contributed by atoms with Crippen molar-refractivity contribution in [2.45, 2.75) is 64.2 Å². The summed E-state index contributed by atoms with van der Waals surface area (Å²) in [6, 6.07) is 0. The molecule has 0 unspecified atom stereocenters. The number of aromatic nitrogens is 3. The van der Waals surface area contributed by atoms with E-state index in [0.717, 1.165) is 56.6 Å². The molecule has 2 N–H and O–H groups in total. The molecule has 0 aliphatic carbocycles. The molecule has 0 saturated heterocycles. The summed E-state index contributed by atoms with van der Waals surface area (Å²) in [5.41, 5.74) is 0. The molecule has 2 heterocycles.